The Kier molecular flexibility index (Phi) is 5.50. The van der Waals surface area contributed by atoms with Crippen LogP contribution in [0.1, 0.15) is 48.6 Å². The van der Waals surface area contributed by atoms with Crippen LogP contribution in [0.5, 0.6) is 0 Å². The molecule has 1 fully saturated rings. The zero-order chi connectivity index (χ0) is 18.9. The van der Waals surface area contributed by atoms with Crippen molar-refractivity contribution in [3.8, 4) is 0 Å². The van der Waals surface area contributed by atoms with E-state index in [4.69, 9.17) is 4.98 Å². The van der Waals surface area contributed by atoms with E-state index in [0.717, 1.165) is 30.8 Å². The maximum Gasteiger partial charge on any atom is 0.270 e. The molecule has 2 aliphatic rings. The lowest BCUT2D eigenvalue weighted by Crippen LogP contribution is -2.41. The number of hydrogen-bond acceptors (Lipinski definition) is 6. The number of nitrogens with zero attached hydrogens (tertiary/aromatic N) is 3. The molecule has 0 bridgehead atoms. The van der Waals surface area contributed by atoms with Crippen LogP contribution in [-0.4, -0.2) is 55.9 Å². The normalized spacial score (nSPS) is 20.8. The molecule has 1 atom stereocenters. The number of carbonyl (C=O) groups excluding carboxylic acids is 1. The summed E-state index contributed by atoms with van der Waals surface area (Å²) >= 11 is 0. The van der Waals surface area contributed by atoms with Crippen LogP contribution in [0.4, 0.5) is 5.82 Å². The van der Waals surface area contributed by atoms with Crippen molar-refractivity contribution in [1.82, 2.24) is 15.3 Å². The molecule has 2 aliphatic heterocycles. The molecule has 0 aliphatic carbocycles. The van der Waals surface area contributed by atoms with Gasteiger partial charge < -0.3 is 10.2 Å². The van der Waals surface area contributed by atoms with Crippen LogP contribution in [-0.2, 0) is 22.7 Å². The van der Waals surface area contributed by atoms with E-state index in [1.807, 2.05) is 0 Å². The van der Waals surface area contributed by atoms with Gasteiger partial charge in [-0.15, -0.1) is 0 Å². The van der Waals surface area contributed by atoms with Crippen LogP contribution in [0.25, 0.3) is 0 Å². The van der Waals surface area contributed by atoms with Gasteiger partial charge in [0.25, 0.3) is 5.91 Å². The summed E-state index contributed by atoms with van der Waals surface area (Å²) in [5.41, 5.74) is 1.39. The summed E-state index contributed by atoms with van der Waals surface area (Å²) in [5.74, 6) is 2.09. The molecule has 0 aromatic carbocycles. The minimum atomic E-state index is -3.00. The first-order chi connectivity index (χ1) is 12.2. The number of carbonyl (C=O) groups is 1. The third kappa shape index (κ3) is 4.52. The molecule has 1 unspecified atom stereocenters. The number of aromatic nitrogens is 2. The summed E-state index contributed by atoms with van der Waals surface area (Å²) in [6.07, 6.45) is 4.57. The smallest absolute Gasteiger partial charge is 0.270 e. The minimum absolute atomic E-state index is 0.107. The fourth-order valence-corrected chi connectivity index (χ4v) is 4.99. The van der Waals surface area contributed by atoms with Crippen molar-refractivity contribution in [2.75, 3.05) is 36.5 Å². The number of anilines is 1. The maximum atomic E-state index is 12.3. The van der Waals surface area contributed by atoms with Crippen LogP contribution in [0.3, 0.4) is 0 Å². The predicted molar refractivity (Wildman–Crippen MR) is 101 cm³/mol. The lowest BCUT2D eigenvalue weighted by atomic mass is 9.98. The number of piperidine rings is 1. The van der Waals surface area contributed by atoms with Crippen LogP contribution in [0.15, 0.2) is 0 Å². The van der Waals surface area contributed by atoms with Crippen molar-refractivity contribution in [3.63, 3.8) is 0 Å². The van der Waals surface area contributed by atoms with E-state index in [-0.39, 0.29) is 17.6 Å². The molecule has 1 saturated heterocycles. The van der Waals surface area contributed by atoms with E-state index in [9.17, 15) is 13.2 Å². The topological polar surface area (TPSA) is 92.3 Å². The molecule has 1 amide bonds. The number of hydrogen-bond donors (Lipinski definition) is 1. The lowest BCUT2D eigenvalue weighted by Gasteiger charge is -2.35. The Hall–Kier alpha value is -1.70. The van der Waals surface area contributed by atoms with Gasteiger partial charge in [0, 0.05) is 37.9 Å². The molecule has 3 heterocycles. The van der Waals surface area contributed by atoms with Crippen LogP contribution in [0.2, 0.25) is 0 Å². The second-order valence-corrected chi connectivity index (χ2v) is 10.1. The van der Waals surface area contributed by atoms with Gasteiger partial charge in [-0.1, -0.05) is 13.8 Å². The first-order valence-corrected chi connectivity index (χ1v) is 11.4. The lowest BCUT2D eigenvalue weighted by molar-refractivity contribution is 0.0940. The van der Waals surface area contributed by atoms with Crippen LogP contribution in [0, 0.1) is 11.8 Å². The maximum absolute atomic E-state index is 12.3. The second kappa shape index (κ2) is 7.50. The summed E-state index contributed by atoms with van der Waals surface area (Å²) in [6, 6.07) is 0. The zero-order valence-electron chi connectivity index (χ0n) is 15.8. The van der Waals surface area contributed by atoms with Gasteiger partial charge in [-0.3, -0.25) is 4.79 Å². The highest BCUT2D eigenvalue weighted by atomic mass is 32.2. The van der Waals surface area contributed by atoms with Gasteiger partial charge in [0.1, 0.15) is 27.2 Å². The van der Waals surface area contributed by atoms with Gasteiger partial charge in [-0.2, -0.15) is 0 Å². The van der Waals surface area contributed by atoms with Crippen LogP contribution < -0.4 is 10.2 Å². The Labute approximate surface area is 155 Å². The first kappa shape index (κ1) is 19.1. The molecule has 8 heteroatoms. The molecule has 1 aromatic heterocycles. The fraction of sp³-hybridized carbons (Fsp3) is 0.722. The molecule has 0 spiro atoms. The van der Waals surface area contributed by atoms with E-state index < -0.39 is 9.84 Å². The Balaban J connectivity index is 1.94. The Morgan fingerprint density at radius 2 is 2.08 bits per heavy atom. The van der Waals surface area contributed by atoms with Gasteiger partial charge in [-0.25, -0.2) is 18.4 Å². The fourth-order valence-electron chi connectivity index (χ4n) is 3.86. The minimum Gasteiger partial charge on any atom is -0.356 e. The molecule has 3 rings (SSSR count). The zero-order valence-corrected chi connectivity index (χ0v) is 16.6. The molecular formula is C18H28N4O3S. The van der Waals surface area contributed by atoms with Crippen molar-refractivity contribution >= 4 is 21.6 Å². The van der Waals surface area contributed by atoms with Gasteiger partial charge in [-0.05, 0) is 31.1 Å². The quantitative estimate of drug-likeness (QED) is 0.826. The Bertz CT molecular complexity index is 792. The highest BCUT2D eigenvalue weighted by molar-refractivity contribution is 7.90. The van der Waals surface area contributed by atoms with Gasteiger partial charge in [0.2, 0.25) is 0 Å². The summed E-state index contributed by atoms with van der Waals surface area (Å²) in [6.45, 7) is 6.30. The molecule has 0 saturated carbocycles. The van der Waals surface area contributed by atoms with E-state index in [1.165, 1.54) is 6.26 Å². The van der Waals surface area contributed by atoms with Gasteiger partial charge in [0.05, 0.1) is 5.75 Å². The molecule has 26 heavy (non-hydrogen) atoms. The van der Waals surface area contributed by atoms with E-state index in [1.54, 1.807) is 0 Å². The highest BCUT2D eigenvalue weighted by Gasteiger charge is 2.30. The molecule has 1 aromatic rings. The van der Waals surface area contributed by atoms with Crippen LogP contribution >= 0.6 is 0 Å². The van der Waals surface area contributed by atoms with Crippen molar-refractivity contribution in [2.24, 2.45) is 11.8 Å². The standard InChI is InChI=1S/C18H28N4O3S/c1-12(2)9-15-20-16-14(6-7-19-18(16)23)17(21-15)22-8-4-5-13(10-22)11-26(3,24)25/h12-13H,4-11H2,1-3H3,(H,19,23). The van der Waals surface area contributed by atoms with Crippen molar-refractivity contribution in [2.45, 2.75) is 39.5 Å². The Morgan fingerprint density at radius 1 is 1.31 bits per heavy atom. The van der Waals surface area contributed by atoms with Crippen molar-refractivity contribution < 1.29 is 13.2 Å². The van der Waals surface area contributed by atoms with E-state index in [2.05, 4.69) is 29.0 Å². The van der Waals surface area contributed by atoms with E-state index >= 15 is 0 Å². The average molecular weight is 381 g/mol. The van der Waals surface area contributed by atoms with Crippen molar-refractivity contribution in [1.29, 1.82) is 0 Å². The largest absolute Gasteiger partial charge is 0.356 e. The molecule has 0 radical (unpaired) electrons. The summed E-state index contributed by atoms with van der Waals surface area (Å²) in [5, 5.41) is 2.86. The second-order valence-electron chi connectivity index (χ2n) is 7.94. The number of fused-ring (bicyclic) bond motifs is 1. The summed E-state index contributed by atoms with van der Waals surface area (Å²) < 4.78 is 23.4. The summed E-state index contributed by atoms with van der Waals surface area (Å²) in [7, 11) is -3.00. The monoisotopic (exact) mass is 380 g/mol. The third-order valence-electron chi connectivity index (χ3n) is 4.86. The highest BCUT2D eigenvalue weighted by Crippen LogP contribution is 2.29. The number of nitrogens with one attached hydrogen (secondary N) is 1. The third-order valence-corrected chi connectivity index (χ3v) is 5.93. The predicted octanol–water partition coefficient (Wildman–Crippen LogP) is 1.22. The molecule has 7 nitrogen and oxygen atoms in total. The Morgan fingerprint density at radius 3 is 2.77 bits per heavy atom. The number of sulfone groups is 1. The number of amides is 1. The van der Waals surface area contributed by atoms with Crippen molar-refractivity contribution in [3.05, 3.63) is 17.1 Å². The number of rotatable bonds is 5. The molecular weight excluding hydrogens is 352 g/mol. The molecule has 144 valence electrons. The van der Waals surface area contributed by atoms with Gasteiger partial charge in [0.15, 0.2) is 0 Å². The summed E-state index contributed by atoms with van der Waals surface area (Å²) in [4.78, 5) is 23.8. The van der Waals surface area contributed by atoms with E-state index in [0.29, 0.717) is 43.4 Å². The van der Waals surface area contributed by atoms with Gasteiger partial charge >= 0.3 is 0 Å². The SMILES string of the molecule is CC(C)Cc1nc2c(c(N3CCCC(CS(C)(=O)=O)C3)n1)CCNC2=O. The first-order valence-electron chi connectivity index (χ1n) is 9.33. The average Bonchev–Trinajstić information content (AvgIpc) is 2.53. The molecule has 1 N–H and O–H groups in total.